The third-order valence-corrected chi connectivity index (χ3v) is 7.52. The Hall–Kier alpha value is -1.82. The summed E-state index contributed by atoms with van der Waals surface area (Å²) in [6.45, 7) is 3.18. The molecule has 0 aromatic heterocycles. The molecule has 28 heavy (non-hydrogen) atoms. The summed E-state index contributed by atoms with van der Waals surface area (Å²) >= 11 is 12.7. The molecule has 148 valence electrons. The quantitative estimate of drug-likeness (QED) is 0.503. The van der Waals surface area contributed by atoms with Gasteiger partial charge in [0.15, 0.2) is 0 Å². The molecule has 0 aliphatic carbocycles. The van der Waals surface area contributed by atoms with Crippen LogP contribution in [0.15, 0.2) is 18.2 Å². The number of carbonyl (C=O) groups is 2. The average molecular weight is 433 g/mol. The van der Waals surface area contributed by atoms with Crippen LogP contribution in [0.2, 0.25) is 0 Å². The zero-order chi connectivity index (χ0) is 20.8. The first-order chi connectivity index (χ1) is 12.9. The molecular formula is C18H13Cl2F3N2O3. The molecule has 3 saturated heterocycles. The highest BCUT2D eigenvalue weighted by molar-refractivity contribution is 6.33. The lowest BCUT2D eigenvalue weighted by atomic mass is 9.68. The zero-order valence-electron chi connectivity index (χ0n) is 14.6. The molecular weight excluding hydrogens is 420 g/mol. The smallest absolute Gasteiger partial charge is 0.364 e. The van der Waals surface area contributed by atoms with Gasteiger partial charge in [-0.15, -0.1) is 23.2 Å². The van der Waals surface area contributed by atoms with Gasteiger partial charge in [0, 0.05) is 0 Å². The molecule has 4 rings (SSSR count). The predicted octanol–water partition coefficient (Wildman–Crippen LogP) is 3.46. The number of nitriles is 1. The maximum atomic E-state index is 13.3. The van der Waals surface area contributed by atoms with E-state index in [-0.39, 0.29) is 5.69 Å². The van der Waals surface area contributed by atoms with Crippen molar-refractivity contribution in [1.82, 2.24) is 0 Å². The Kier molecular flexibility index (Phi) is 3.91. The van der Waals surface area contributed by atoms with E-state index in [4.69, 9.17) is 33.2 Å². The molecule has 0 saturated carbocycles. The lowest BCUT2D eigenvalue weighted by Crippen LogP contribution is -2.53. The standard InChI is InChI=1S/C18H13Cl2F3N2O3/c1-16-10-11(17(2,28-16)13(20)12(16)19)15(27)25(14(10)26)8-4-3-7(6-24)9(5-8)18(21,22)23/h3-5,10-13H,1-2H3/t10-,11+,12-,13-,16?,17?/m1/s1. The maximum absolute atomic E-state index is 13.3. The van der Waals surface area contributed by atoms with Crippen LogP contribution >= 0.6 is 23.2 Å². The number of hydrogen-bond donors (Lipinski definition) is 0. The van der Waals surface area contributed by atoms with E-state index >= 15 is 0 Å². The summed E-state index contributed by atoms with van der Waals surface area (Å²) in [7, 11) is 0. The number of benzene rings is 1. The molecule has 2 amide bonds. The third kappa shape index (κ3) is 2.18. The number of imide groups is 1. The van der Waals surface area contributed by atoms with Crippen LogP contribution in [0.4, 0.5) is 18.9 Å². The van der Waals surface area contributed by atoms with E-state index < -0.39 is 62.9 Å². The summed E-state index contributed by atoms with van der Waals surface area (Å²) in [4.78, 5) is 26.9. The van der Waals surface area contributed by atoms with Crippen molar-refractivity contribution in [3.63, 3.8) is 0 Å². The van der Waals surface area contributed by atoms with Crippen LogP contribution in [-0.2, 0) is 20.5 Å². The summed E-state index contributed by atoms with van der Waals surface area (Å²) in [5, 5.41) is 7.44. The zero-order valence-corrected chi connectivity index (χ0v) is 16.1. The number of alkyl halides is 5. The monoisotopic (exact) mass is 432 g/mol. The van der Waals surface area contributed by atoms with E-state index in [1.165, 1.54) is 6.07 Å². The van der Waals surface area contributed by atoms with Crippen LogP contribution in [0, 0.1) is 23.2 Å². The van der Waals surface area contributed by atoms with Gasteiger partial charge >= 0.3 is 6.18 Å². The van der Waals surface area contributed by atoms with Crippen LogP contribution < -0.4 is 4.90 Å². The molecule has 5 nitrogen and oxygen atoms in total. The molecule has 3 aliphatic heterocycles. The van der Waals surface area contributed by atoms with E-state index in [0.717, 1.165) is 17.0 Å². The van der Waals surface area contributed by atoms with Gasteiger partial charge in [-0.05, 0) is 32.0 Å². The molecule has 2 bridgehead atoms. The summed E-state index contributed by atoms with van der Waals surface area (Å²) in [5.74, 6) is -3.28. The summed E-state index contributed by atoms with van der Waals surface area (Å²) in [6, 6.07) is 4.19. The van der Waals surface area contributed by atoms with Gasteiger partial charge in [-0.1, -0.05) is 0 Å². The van der Waals surface area contributed by atoms with Crippen molar-refractivity contribution in [2.45, 2.75) is 42.0 Å². The minimum atomic E-state index is -4.81. The minimum Gasteiger partial charge on any atom is -0.364 e. The van der Waals surface area contributed by atoms with Gasteiger partial charge in [0.2, 0.25) is 11.8 Å². The SMILES string of the molecule is CC12OC(C)([C@H](Cl)[C@H]1Cl)[C@H]1C(=O)N(c3ccc(C#N)c(C(F)(F)F)c3)C(=O)[C@H]12. The van der Waals surface area contributed by atoms with Crippen LogP contribution in [0.3, 0.4) is 0 Å². The first kappa shape index (κ1) is 19.5. The second kappa shape index (κ2) is 5.62. The molecule has 3 heterocycles. The lowest BCUT2D eigenvalue weighted by molar-refractivity contribution is -0.138. The average Bonchev–Trinajstić information content (AvgIpc) is 3.10. The lowest BCUT2D eigenvalue weighted by Gasteiger charge is -2.35. The Morgan fingerprint density at radius 1 is 1.11 bits per heavy atom. The number of anilines is 1. The fourth-order valence-corrected chi connectivity index (χ4v) is 5.58. The number of halogens is 5. The first-order valence-electron chi connectivity index (χ1n) is 8.35. The summed E-state index contributed by atoms with van der Waals surface area (Å²) in [6.07, 6.45) is -4.81. The Balaban J connectivity index is 1.82. The molecule has 10 heteroatoms. The Bertz CT molecular complexity index is 924. The number of ether oxygens (including phenoxy) is 1. The number of hydrogen-bond acceptors (Lipinski definition) is 4. The van der Waals surface area contributed by atoms with Crippen LogP contribution in [0.5, 0.6) is 0 Å². The van der Waals surface area contributed by atoms with Gasteiger partial charge in [-0.25, -0.2) is 4.90 Å². The second-order valence-electron chi connectivity index (χ2n) is 7.58. The molecule has 1 aromatic rings. The van der Waals surface area contributed by atoms with Crippen molar-refractivity contribution in [3.05, 3.63) is 29.3 Å². The van der Waals surface area contributed by atoms with Gasteiger partial charge in [0.05, 0.1) is 56.7 Å². The molecule has 3 fully saturated rings. The highest BCUT2D eigenvalue weighted by Crippen LogP contribution is 2.63. The molecule has 3 aliphatic rings. The highest BCUT2D eigenvalue weighted by Gasteiger charge is 2.78. The second-order valence-corrected chi connectivity index (χ2v) is 8.52. The first-order valence-corrected chi connectivity index (χ1v) is 9.22. The molecule has 0 spiro atoms. The molecule has 1 aromatic carbocycles. The third-order valence-electron chi connectivity index (χ3n) is 6.02. The normalized spacial score (nSPS) is 39.4. The van der Waals surface area contributed by atoms with Gasteiger partial charge in [0.25, 0.3) is 0 Å². The van der Waals surface area contributed by atoms with Crippen molar-refractivity contribution >= 4 is 40.7 Å². The Labute approximate surface area is 167 Å². The summed E-state index contributed by atoms with van der Waals surface area (Å²) in [5.41, 5.74) is -4.49. The highest BCUT2D eigenvalue weighted by atomic mass is 35.5. The number of carbonyl (C=O) groups excluding carboxylic acids is 2. The van der Waals surface area contributed by atoms with E-state index in [0.29, 0.717) is 6.07 Å². The number of nitrogens with zero attached hydrogens (tertiary/aromatic N) is 2. The maximum Gasteiger partial charge on any atom is 0.417 e. The molecule has 0 N–H and O–H groups in total. The van der Waals surface area contributed by atoms with E-state index in [9.17, 15) is 22.8 Å². The molecule has 0 radical (unpaired) electrons. The van der Waals surface area contributed by atoms with Crippen LogP contribution in [0.25, 0.3) is 0 Å². The van der Waals surface area contributed by atoms with Crippen LogP contribution in [-0.4, -0.2) is 33.8 Å². The number of fused-ring (bicyclic) bond motifs is 5. The van der Waals surface area contributed by atoms with E-state index in [1.54, 1.807) is 13.8 Å². The Morgan fingerprint density at radius 3 is 2.04 bits per heavy atom. The minimum absolute atomic E-state index is 0.250. The fraction of sp³-hybridized carbons (Fsp3) is 0.500. The van der Waals surface area contributed by atoms with Gasteiger partial charge in [-0.3, -0.25) is 9.59 Å². The molecule has 6 atom stereocenters. The van der Waals surface area contributed by atoms with E-state index in [1.807, 2.05) is 0 Å². The number of rotatable bonds is 1. The van der Waals surface area contributed by atoms with Gasteiger partial charge < -0.3 is 4.74 Å². The van der Waals surface area contributed by atoms with Crippen molar-refractivity contribution < 1.29 is 27.5 Å². The Morgan fingerprint density at radius 2 is 1.61 bits per heavy atom. The number of amides is 2. The van der Waals surface area contributed by atoms with Crippen LogP contribution in [0.1, 0.15) is 25.0 Å². The topological polar surface area (TPSA) is 70.4 Å². The summed E-state index contributed by atoms with van der Waals surface area (Å²) < 4.78 is 45.8. The van der Waals surface area contributed by atoms with Gasteiger partial charge in [0.1, 0.15) is 0 Å². The van der Waals surface area contributed by atoms with Crippen molar-refractivity contribution in [3.8, 4) is 6.07 Å². The van der Waals surface area contributed by atoms with E-state index in [2.05, 4.69) is 0 Å². The van der Waals surface area contributed by atoms with Gasteiger partial charge in [-0.2, -0.15) is 18.4 Å². The van der Waals surface area contributed by atoms with Crippen molar-refractivity contribution in [2.75, 3.05) is 4.90 Å². The molecule has 2 unspecified atom stereocenters. The van der Waals surface area contributed by atoms with Crippen molar-refractivity contribution in [2.24, 2.45) is 11.8 Å². The predicted molar refractivity (Wildman–Crippen MR) is 92.8 cm³/mol. The van der Waals surface area contributed by atoms with Crippen molar-refractivity contribution in [1.29, 1.82) is 5.26 Å². The fourth-order valence-electron chi connectivity index (χ4n) is 4.72. The largest absolute Gasteiger partial charge is 0.417 e.